The molecular weight excluding hydrogens is 328 g/mol. The summed E-state index contributed by atoms with van der Waals surface area (Å²) in [6.07, 6.45) is 1.67. The summed E-state index contributed by atoms with van der Waals surface area (Å²) in [6, 6.07) is 5.95. The molecule has 0 fully saturated rings. The third-order valence-corrected chi connectivity index (χ3v) is 3.19. The third-order valence-electron chi connectivity index (χ3n) is 2.61. The number of carbonyl (C=O) groups excluding carboxylic acids is 1. The number of nitrogens with zero attached hydrogens (tertiary/aromatic N) is 3. The molecule has 0 radical (unpaired) electrons. The van der Waals surface area contributed by atoms with Gasteiger partial charge in [0.2, 0.25) is 0 Å². The van der Waals surface area contributed by atoms with Gasteiger partial charge in [-0.05, 0) is 28.9 Å². The van der Waals surface area contributed by atoms with Crippen LogP contribution in [-0.4, -0.2) is 20.6 Å². The molecule has 1 aromatic carbocycles. The number of nitrogens with one attached hydrogen (secondary N) is 1. The Balaban J connectivity index is 2.28. The minimum Gasteiger partial charge on any atom is -0.315 e. The van der Waals surface area contributed by atoms with E-state index in [-0.39, 0.29) is 17.1 Å². The number of rotatable bonds is 4. The molecule has 1 amide bonds. The van der Waals surface area contributed by atoms with Crippen LogP contribution < -0.4 is 5.32 Å². The summed E-state index contributed by atoms with van der Waals surface area (Å²) in [6.45, 7) is 2.51. The summed E-state index contributed by atoms with van der Waals surface area (Å²) in [5.74, 6) is -0.502. The molecule has 20 heavy (non-hydrogen) atoms. The van der Waals surface area contributed by atoms with Crippen molar-refractivity contribution in [1.82, 2.24) is 9.78 Å². The van der Waals surface area contributed by atoms with E-state index in [0.29, 0.717) is 11.0 Å². The molecule has 0 spiro atoms. The lowest BCUT2D eigenvalue weighted by Gasteiger charge is -2.04. The van der Waals surface area contributed by atoms with Gasteiger partial charge in [-0.3, -0.25) is 19.6 Å². The minimum atomic E-state index is -0.546. The molecule has 2 aromatic rings. The van der Waals surface area contributed by atoms with Crippen LogP contribution in [0.1, 0.15) is 17.4 Å². The van der Waals surface area contributed by atoms with Crippen LogP contribution in [0.2, 0.25) is 0 Å². The van der Waals surface area contributed by atoms with Gasteiger partial charge in [0.25, 0.3) is 11.6 Å². The summed E-state index contributed by atoms with van der Waals surface area (Å²) >= 11 is 3.24. The Morgan fingerprint density at radius 1 is 1.50 bits per heavy atom. The van der Waals surface area contributed by atoms with Crippen LogP contribution in [-0.2, 0) is 6.54 Å². The van der Waals surface area contributed by atoms with Crippen molar-refractivity contribution in [3.63, 3.8) is 0 Å². The van der Waals surface area contributed by atoms with E-state index in [0.717, 1.165) is 0 Å². The van der Waals surface area contributed by atoms with Gasteiger partial charge >= 0.3 is 0 Å². The molecule has 2 rings (SSSR count). The Bertz CT molecular complexity index is 668. The number of halogens is 1. The number of benzene rings is 1. The van der Waals surface area contributed by atoms with Crippen LogP contribution in [0.15, 0.2) is 34.9 Å². The Kier molecular flexibility index (Phi) is 4.14. The average Bonchev–Trinajstić information content (AvgIpc) is 2.80. The smallest absolute Gasteiger partial charge is 0.292 e. The molecule has 7 nitrogen and oxygen atoms in total. The monoisotopic (exact) mass is 338 g/mol. The molecule has 1 N–H and O–H groups in total. The molecule has 0 aliphatic rings. The molecular formula is C12H11BrN4O3. The molecule has 0 unspecified atom stereocenters. The lowest BCUT2D eigenvalue weighted by molar-refractivity contribution is -0.383. The van der Waals surface area contributed by atoms with E-state index in [4.69, 9.17) is 0 Å². The number of nitro groups is 1. The number of anilines is 1. The average molecular weight is 339 g/mol. The second-order valence-corrected chi connectivity index (χ2v) is 4.76. The molecule has 0 saturated heterocycles. The fourth-order valence-corrected chi connectivity index (χ4v) is 2.13. The minimum absolute atomic E-state index is 0.139. The van der Waals surface area contributed by atoms with Gasteiger partial charge < -0.3 is 5.32 Å². The number of carbonyl (C=O) groups is 1. The van der Waals surface area contributed by atoms with Gasteiger partial charge in [-0.15, -0.1) is 0 Å². The number of para-hydroxylation sites is 2. The van der Waals surface area contributed by atoms with Gasteiger partial charge in [0.15, 0.2) is 5.69 Å². The predicted molar refractivity (Wildman–Crippen MR) is 76.7 cm³/mol. The zero-order valence-electron chi connectivity index (χ0n) is 10.5. The van der Waals surface area contributed by atoms with Crippen molar-refractivity contribution in [2.75, 3.05) is 5.32 Å². The normalized spacial score (nSPS) is 10.3. The van der Waals surface area contributed by atoms with Gasteiger partial charge in [-0.2, -0.15) is 5.10 Å². The summed E-state index contributed by atoms with van der Waals surface area (Å²) in [4.78, 5) is 22.4. The van der Waals surface area contributed by atoms with E-state index in [1.165, 1.54) is 18.2 Å². The predicted octanol–water partition coefficient (Wildman–Crippen LogP) is 2.83. The van der Waals surface area contributed by atoms with E-state index in [2.05, 4.69) is 26.3 Å². The second kappa shape index (κ2) is 5.83. The Morgan fingerprint density at radius 2 is 2.20 bits per heavy atom. The van der Waals surface area contributed by atoms with E-state index in [1.54, 1.807) is 16.9 Å². The van der Waals surface area contributed by atoms with Gasteiger partial charge in [-0.1, -0.05) is 12.1 Å². The van der Waals surface area contributed by atoms with Crippen molar-refractivity contribution in [1.29, 1.82) is 0 Å². The molecule has 0 aliphatic carbocycles. The molecule has 104 valence electrons. The van der Waals surface area contributed by atoms with Crippen molar-refractivity contribution < 1.29 is 9.72 Å². The fourth-order valence-electron chi connectivity index (χ4n) is 1.63. The molecule has 0 aliphatic heterocycles. The zero-order chi connectivity index (χ0) is 14.7. The zero-order valence-corrected chi connectivity index (χ0v) is 12.1. The number of amides is 1. The van der Waals surface area contributed by atoms with E-state index < -0.39 is 10.8 Å². The SMILES string of the molecule is CCn1cc(Br)c(C(=O)Nc2ccccc2[N+](=O)[O-])n1. The molecule has 1 heterocycles. The maximum atomic E-state index is 12.1. The number of nitro benzene ring substituents is 1. The first-order chi connectivity index (χ1) is 9.52. The Hall–Kier alpha value is -2.22. The first-order valence-corrected chi connectivity index (χ1v) is 6.60. The van der Waals surface area contributed by atoms with Crippen LogP contribution in [0.3, 0.4) is 0 Å². The fraction of sp³-hybridized carbons (Fsp3) is 0.167. The van der Waals surface area contributed by atoms with Crippen LogP contribution in [0, 0.1) is 10.1 Å². The lowest BCUT2D eigenvalue weighted by atomic mass is 10.2. The highest BCUT2D eigenvalue weighted by atomic mass is 79.9. The largest absolute Gasteiger partial charge is 0.315 e. The molecule has 1 aromatic heterocycles. The summed E-state index contributed by atoms with van der Waals surface area (Å²) < 4.78 is 2.13. The van der Waals surface area contributed by atoms with Crippen molar-refractivity contribution in [3.05, 3.63) is 50.7 Å². The van der Waals surface area contributed by atoms with Crippen molar-refractivity contribution in [2.24, 2.45) is 0 Å². The van der Waals surface area contributed by atoms with Gasteiger partial charge in [0.05, 0.1) is 9.40 Å². The highest BCUT2D eigenvalue weighted by Gasteiger charge is 2.19. The highest BCUT2D eigenvalue weighted by Crippen LogP contribution is 2.24. The van der Waals surface area contributed by atoms with Gasteiger partial charge in [-0.25, -0.2) is 0 Å². The first-order valence-electron chi connectivity index (χ1n) is 5.80. The van der Waals surface area contributed by atoms with Gasteiger partial charge in [0.1, 0.15) is 5.69 Å². The highest BCUT2D eigenvalue weighted by molar-refractivity contribution is 9.10. The van der Waals surface area contributed by atoms with Crippen molar-refractivity contribution in [2.45, 2.75) is 13.5 Å². The van der Waals surface area contributed by atoms with E-state index >= 15 is 0 Å². The van der Waals surface area contributed by atoms with E-state index in [1.807, 2.05) is 6.92 Å². The number of hydrogen-bond donors (Lipinski definition) is 1. The Labute approximate surface area is 122 Å². The standard InChI is InChI=1S/C12H11BrN4O3/c1-2-16-7-8(13)11(15-16)12(18)14-9-5-3-4-6-10(9)17(19)20/h3-7H,2H2,1H3,(H,14,18). The van der Waals surface area contributed by atoms with Gasteiger partial charge in [0, 0.05) is 18.8 Å². The maximum absolute atomic E-state index is 12.1. The number of hydrogen-bond acceptors (Lipinski definition) is 4. The third kappa shape index (κ3) is 2.85. The molecule has 0 atom stereocenters. The molecule has 8 heteroatoms. The summed E-state index contributed by atoms with van der Waals surface area (Å²) in [7, 11) is 0. The van der Waals surface area contributed by atoms with Crippen LogP contribution in [0.4, 0.5) is 11.4 Å². The Morgan fingerprint density at radius 3 is 2.80 bits per heavy atom. The number of aromatic nitrogens is 2. The quantitative estimate of drug-likeness (QED) is 0.685. The molecule has 0 saturated carbocycles. The summed E-state index contributed by atoms with van der Waals surface area (Å²) in [5.41, 5.74) is 0.164. The van der Waals surface area contributed by atoms with Crippen LogP contribution in [0.5, 0.6) is 0 Å². The maximum Gasteiger partial charge on any atom is 0.292 e. The topological polar surface area (TPSA) is 90.1 Å². The lowest BCUT2D eigenvalue weighted by Crippen LogP contribution is -2.14. The van der Waals surface area contributed by atoms with Crippen molar-refractivity contribution in [3.8, 4) is 0 Å². The van der Waals surface area contributed by atoms with Crippen LogP contribution >= 0.6 is 15.9 Å². The first kappa shape index (κ1) is 14.2. The second-order valence-electron chi connectivity index (χ2n) is 3.91. The van der Waals surface area contributed by atoms with Crippen molar-refractivity contribution >= 4 is 33.2 Å². The summed E-state index contributed by atoms with van der Waals surface area (Å²) in [5, 5.41) is 17.5. The molecule has 0 bridgehead atoms. The van der Waals surface area contributed by atoms with Crippen LogP contribution in [0.25, 0.3) is 0 Å². The number of aryl methyl sites for hydroxylation is 1. The van der Waals surface area contributed by atoms with E-state index in [9.17, 15) is 14.9 Å².